The standard InChI is InChI=1S/C15H20N2OS/c1-2-3-4-7-10-18-14-9-6-5-8-12(14)13-11-19-15(16)17-13/h5-6,8-9,11H,2-4,7,10H2,1H3,(H2,16,17). The number of nitrogens with zero attached hydrogens (tertiary/aromatic N) is 1. The highest BCUT2D eigenvalue weighted by Crippen LogP contribution is 2.31. The van der Waals surface area contributed by atoms with Gasteiger partial charge in [-0.2, -0.15) is 0 Å². The minimum absolute atomic E-state index is 0.591. The lowest BCUT2D eigenvalue weighted by Gasteiger charge is -2.09. The van der Waals surface area contributed by atoms with Gasteiger partial charge >= 0.3 is 0 Å². The molecule has 2 aromatic rings. The number of hydrogen-bond acceptors (Lipinski definition) is 4. The van der Waals surface area contributed by atoms with E-state index in [-0.39, 0.29) is 0 Å². The summed E-state index contributed by atoms with van der Waals surface area (Å²) in [7, 11) is 0. The lowest BCUT2D eigenvalue weighted by Crippen LogP contribution is -1.98. The summed E-state index contributed by atoms with van der Waals surface area (Å²) >= 11 is 1.45. The second kappa shape index (κ2) is 7.14. The number of rotatable bonds is 7. The fraction of sp³-hybridized carbons (Fsp3) is 0.400. The largest absolute Gasteiger partial charge is 0.493 e. The zero-order chi connectivity index (χ0) is 13.5. The molecule has 3 nitrogen and oxygen atoms in total. The predicted molar refractivity (Wildman–Crippen MR) is 81.6 cm³/mol. The van der Waals surface area contributed by atoms with Gasteiger partial charge in [0.1, 0.15) is 5.75 Å². The molecule has 0 atom stereocenters. The number of nitrogens with two attached hydrogens (primary N) is 1. The van der Waals surface area contributed by atoms with E-state index in [1.807, 2.05) is 29.6 Å². The number of hydrogen-bond donors (Lipinski definition) is 1. The van der Waals surface area contributed by atoms with Crippen molar-refractivity contribution in [1.29, 1.82) is 0 Å². The van der Waals surface area contributed by atoms with Crippen LogP contribution in [-0.2, 0) is 0 Å². The van der Waals surface area contributed by atoms with E-state index in [4.69, 9.17) is 10.5 Å². The van der Waals surface area contributed by atoms with E-state index in [0.29, 0.717) is 5.13 Å². The highest BCUT2D eigenvalue weighted by atomic mass is 32.1. The Hall–Kier alpha value is -1.55. The zero-order valence-corrected chi connectivity index (χ0v) is 12.1. The fourth-order valence-corrected chi connectivity index (χ4v) is 2.49. The average molecular weight is 276 g/mol. The van der Waals surface area contributed by atoms with E-state index in [1.54, 1.807) is 0 Å². The summed E-state index contributed by atoms with van der Waals surface area (Å²) in [5, 5.41) is 2.56. The average Bonchev–Trinajstić information content (AvgIpc) is 2.85. The summed E-state index contributed by atoms with van der Waals surface area (Å²) in [5.41, 5.74) is 7.60. The van der Waals surface area contributed by atoms with Crippen molar-refractivity contribution in [2.75, 3.05) is 12.3 Å². The summed E-state index contributed by atoms with van der Waals surface area (Å²) in [4.78, 5) is 4.32. The summed E-state index contributed by atoms with van der Waals surface area (Å²) in [6.07, 6.45) is 4.84. The Morgan fingerprint density at radius 1 is 1.21 bits per heavy atom. The molecule has 2 rings (SSSR count). The monoisotopic (exact) mass is 276 g/mol. The first-order chi connectivity index (χ1) is 9.31. The van der Waals surface area contributed by atoms with Gasteiger partial charge in [-0.1, -0.05) is 38.3 Å². The van der Waals surface area contributed by atoms with E-state index in [1.165, 1.54) is 30.6 Å². The molecule has 0 fully saturated rings. The zero-order valence-electron chi connectivity index (χ0n) is 11.3. The molecule has 1 heterocycles. The molecule has 19 heavy (non-hydrogen) atoms. The van der Waals surface area contributed by atoms with Gasteiger partial charge in [0.2, 0.25) is 0 Å². The van der Waals surface area contributed by atoms with Crippen molar-refractivity contribution >= 4 is 16.5 Å². The number of nitrogen functional groups attached to an aromatic ring is 1. The first-order valence-corrected chi connectivity index (χ1v) is 7.62. The number of para-hydroxylation sites is 1. The number of aromatic nitrogens is 1. The van der Waals surface area contributed by atoms with E-state index >= 15 is 0 Å². The van der Waals surface area contributed by atoms with Gasteiger partial charge in [-0.3, -0.25) is 0 Å². The molecule has 4 heteroatoms. The molecule has 0 radical (unpaired) electrons. The summed E-state index contributed by atoms with van der Waals surface area (Å²) in [6.45, 7) is 2.97. The molecule has 0 aliphatic heterocycles. The van der Waals surface area contributed by atoms with Crippen molar-refractivity contribution in [2.24, 2.45) is 0 Å². The van der Waals surface area contributed by atoms with Crippen molar-refractivity contribution in [2.45, 2.75) is 32.6 Å². The van der Waals surface area contributed by atoms with Crippen molar-refractivity contribution < 1.29 is 4.74 Å². The molecule has 0 saturated carbocycles. The van der Waals surface area contributed by atoms with E-state index in [2.05, 4.69) is 11.9 Å². The molecule has 1 aromatic carbocycles. The Kier molecular flexibility index (Phi) is 5.21. The van der Waals surface area contributed by atoms with Crippen LogP contribution in [0.25, 0.3) is 11.3 Å². The minimum Gasteiger partial charge on any atom is -0.493 e. The highest BCUT2D eigenvalue weighted by molar-refractivity contribution is 7.13. The summed E-state index contributed by atoms with van der Waals surface area (Å²) in [5.74, 6) is 0.893. The number of benzene rings is 1. The van der Waals surface area contributed by atoms with Gasteiger partial charge in [-0.15, -0.1) is 11.3 Å². The Morgan fingerprint density at radius 3 is 2.79 bits per heavy atom. The van der Waals surface area contributed by atoms with Gasteiger partial charge in [-0.25, -0.2) is 4.98 Å². The van der Waals surface area contributed by atoms with Crippen molar-refractivity contribution in [1.82, 2.24) is 4.98 Å². The van der Waals surface area contributed by atoms with Crippen LogP contribution in [-0.4, -0.2) is 11.6 Å². The van der Waals surface area contributed by atoms with E-state index in [9.17, 15) is 0 Å². The lowest BCUT2D eigenvalue weighted by molar-refractivity contribution is 0.306. The quantitative estimate of drug-likeness (QED) is 0.765. The second-order valence-corrected chi connectivity index (χ2v) is 5.37. The third-order valence-electron chi connectivity index (χ3n) is 2.94. The molecule has 1 aromatic heterocycles. The molecule has 0 saturated heterocycles. The maximum Gasteiger partial charge on any atom is 0.180 e. The van der Waals surface area contributed by atoms with Crippen LogP contribution in [0.15, 0.2) is 29.6 Å². The van der Waals surface area contributed by atoms with Gasteiger partial charge in [0, 0.05) is 10.9 Å². The van der Waals surface area contributed by atoms with Crippen molar-refractivity contribution in [3.8, 4) is 17.0 Å². The van der Waals surface area contributed by atoms with Crippen LogP contribution >= 0.6 is 11.3 Å². The Bertz CT molecular complexity index is 510. The van der Waals surface area contributed by atoms with Crippen molar-refractivity contribution in [3.63, 3.8) is 0 Å². The molecule has 2 N–H and O–H groups in total. The van der Waals surface area contributed by atoms with Gasteiger partial charge in [0.05, 0.1) is 12.3 Å². The van der Waals surface area contributed by atoms with Crippen molar-refractivity contribution in [3.05, 3.63) is 29.6 Å². The minimum atomic E-state index is 0.591. The Balaban J connectivity index is 2.00. The smallest absolute Gasteiger partial charge is 0.180 e. The molecule has 0 aliphatic rings. The fourth-order valence-electron chi connectivity index (χ4n) is 1.93. The third-order valence-corrected chi connectivity index (χ3v) is 3.61. The number of unbranched alkanes of at least 4 members (excludes halogenated alkanes) is 3. The summed E-state index contributed by atoms with van der Waals surface area (Å²) < 4.78 is 5.87. The first-order valence-electron chi connectivity index (χ1n) is 6.74. The number of anilines is 1. The van der Waals surface area contributed by atoms with Gasteiger partial charge < -0.3 is 10.5 Å². The topological polar surface area (TPSA) is 48.1 Å². The second-order valence-electron chi connectivity index (χ2n) is 4.48. The molecule has 102 valence electrons. The number of thiazole rings is 1. The molecule has 0 bridgehead atoms. The Morgan fingerprint density at radius 2 is 2.05 bits per heavy atom. The van der Waals surface area contributed by atoms with E-state index in [0.717, 1.165) is 30.0 Å². The third kappa shape index (κ3) is 3.96. The molecule has 0 spiro atoms. The first kappa shape index (κ1) is 13.9. The van der Waals surface area contributed by atoms with Crippen LogP contribution in [0.1, 0.15) is 32.6 Å². The maximum atomic E-state index is 5.87. The Labute approximate surface area is 118 Å². The molecule has 0 unspecified atom stereocenters. The lowest BCUT2D eigenvalue weighted by atomic mass is 10.1. The van der Waals surface area contributed by atoms with Crippen LogP contribution in [0.4, 0.5) is 5.13 Å². The molecule has 0 amide bonds. The molecule has 0 aliphatic carbocycles. The molecular weight excluding hydrogens is 256 g/mol. The normalized spacial score (nSPS) is 10.6. The van der Waals surface area contributed by atoms with Gasteiger partial charge in [0.25, 0.3) is 0 Å². The highest BCUT2D eigenvalue weighted by Gasteiger charge is 2.08. The van der Waals surface area contributed by atoms with Gasteiger partial charge in [-0.05, 0) is 18.6 Å². The molecular formula is C15H20N2OS. The van der Waals surface area contributed by atoms with Crippen LogP contribution in [0.5, 0.6) is 5.75 Å². The number of ether oxygens (including phenoxy) is 1. The van der Waals surface area contributed by atoms with Crippen LogP contribution < -0.4 is 10.5 Å². The van der Waals surface area contributed by atoms with Gasteiger partial charge in [0.15, 0.2) is 5.13 Å². The predicted octanol–water partition coefficient (Wildman–Crippen LogP) is 4.35. The van der Waals surface area contributed by atoms with Crippen LogP contribution in [0.2, 0.25) is 0 Å². The van der Waals surface area contributed by atoms with Crippen LogP contribution in [0, 0.1) is 0 Å². The SMILES string of the molecule is CCCCCCOc1ccccc1-c1csc(N)n1. The maximum absolute atomic E-state index is 5.87. The van der Waals surface area contributed by atoms with E-state index < -0.39 is 0 Å². The van der Waals surface area contributed by atoms with Crippen LogP contribution in [0.3, 0.4) is 0 Å². The summed E-state index contributed by atoms with van der Waals surface area (Å²) in [6, 6.07) is 8.00.